The zero-order chi connectivity index (χ0) is 20.7. The Morgan fingerprint density at radius 3 is 2.43 bits per heavy atom. The first-order valence-corrected chi connectivity index (χ1v) is 12.0. The standard InChI is InChI=1S/C21H28N2O3S2/c1-5-13-28(25,26)23-20-8-6-7-19(17(20)4)22-21(24)11-12-27-18-10-9-15(2)16(3)14-18/h6-10,14,23H,5,11-13H2,1-4H3,(H,22,24). The molecule has 2 aromatic carbocycles. The Labute approximate surface area is 172 Å². The molecule has 0 bridgehead atoms. The molecule has 7 heteroatoms. The summed E-state index contributed by atoms with van der Waals surface area (Å²) >= 11 is 1.65. The van der Waals surface area contributed by atoms with Gasteiger partial charge in [-0.25, -0.2) is 8.42 Å². The maximum Gasteiger partial charge on any atom is 0.232 e. The number of hydrogen-bond acceptors (Lipinski definition) is 4. The van der Waals surface area contributed by atoms with Gasteiger partial charge in [0.15, 0.2) is 0 Å². The summed E-state index contributed by atoms with van der Waals surface area (Å²) in [5.41, 5.74) is 4.32. The van der Waals surface area contributed by atoms with Crippen LogP contribution in [0.4, 0.5) is 11.4 Å². The van der Waals surface area contributed by atoms with Crippen molar-refractivity contribution in [1.29, 1.82) is 0 Å². The molecule has 0 saturated heterocycles. The Hall–Kier alpha value is -1.99. The molecule has 2 aromatic rings. The number of anilines is 2. The quantitative estimate of drug-likeness (QED) is 0.567. The van der Waals surface area contributed by atoms with Crippen molar-refractivity contribution in [3.8, 4) is 0 Å². The molecule has 0 saturated carbocycles. The lowest BCUT2D eigenvalue weighted by atomic mass is 10.1. The van der Waals surface area contributed by atoms with Gasteiger partial charge in [0.05, 0.1) is 11.4 Å². The highest BCUT2D eigenvalue weighted by molar-refractivity contribution is 7.99. The topological polar surface area (TPSA) is 75.3 Å². The lowest BCUT2D eigenvalue weighted by Gasteiger charge is -2.14. The number of thioether (sulfide) groups is 1. The first-order chi connectivity index (χ1) is 13.2. The summed E-state index contributed by atoms with van der Waals surface area (Å²) in [7, 11) is -3.37. The van der Waals surface area contributed by atoms with E-state index in [0.717, 1.165) is 4.90 Å². The first-order valence-electron chi connectivity index (χ1n) is 9.32. The van der Waals surface area contributed by atoms with Crippen LogP contribution in [0, 0.1) is 20.8 Å². The predicted molar refractivity (Wildman–Crippen MR) is 119 cm³/mol. The summed E-state index contributed by atoms with van der Waals surface area (Å²) in [5.74, 6) is 0.655. The van der Waals surface area contributed by atoms with E-state index in [1.54, 1.807) is 36.9 Å². The molecule has 0 aliphatic carbocycles. The minimum atomic E-state index is -3.37. The number of hydrogen-bond donors (Lipinski definition) is 2. The third kappa shape index (κ3) is 6.56. The maximum atomic E-state index is 12.3. The molecule has 2 N–H and O–H groups in total. The fourth-order valence-electron chi connectivity index (χ4n) is 2.65. The van der Waals surface area contributed by atoms with Crippen LogP contribution in [0.15, 0.2) is 41.3 Å². The Kier molecular flexibility index (Phi) is 7.95. The van der Waals surface area contributed by atoms with Gasteiger partial charge in [-0.2, -0.15) is 0 Å². The van der Waals surface area contributed by atoms with Crippen molar-refractivity contribution in [1.82, 2.24) is 0 Å². The fraction of sp³-hybridized carbons (Fsp3) is 0.381. The third-order valence-corrected chi connectivity index (χ3v) is 6.89. The molecule has 0 atom stereocenters. The molecule has 0 aliphatic heterocycles. The first kappa shape index (κ1) is 22.3. The van der Waals surface area contributed by atoms with Crippen LogP contribution in [-0.4, -0.2) is 25.8 Å². The summed E-state index contributed by atoms with van der Waals surface area (Å²) in [6, 6.07) is 11.5. The van der Waals surface area contributed by atoms with Gasteiger partial charge in [0, 0.05) is 22.8 Å². The molecule has 0 unspecified atom stereocenters. The van der Waals surface area contributed by atoms with Crippen LogP contribution in [0.3, 0.4) is 0 Å². The van der Waals surface area contributed by atoms with Crippen LogP contribution in [0.25, 0.3) is 0 Å². The van der Waals surface area contributed by atoms with E-state index < -0.39 is 10.0 Å². The molecule has 0 aromatic heterocycles. The molecule has 5 nitrogen and oxygen atoms in total. The maximum absolute atomic E-state index is 12.3. The molecule has 0 fully saturated rings. The number of aryl methyl sites for hydroxylation is 2. The fourth-order valence-corrected chi connectivity index (χ4v) is 4.79. The molecular formula is C21H28N2O3S2. The number of benzene rings is 2. The zero-order valence-electron chi connectivity index (χ0n) is 16.8. The van der Waals surface area contributed by atoms with Gasteiger partial charge < -0.3 is 5.32 Å². The highest BCUT2D eigenvalue weighted by Crippen LogP contribution is 2.25. The monoisotopic (exact) mass is 420 g/mol. The van der Waals surface area contributed by atoms with E-state index in [2.05, 4.69) is 42.1 Å². The molecule has 0 radical (unpaired) electrons. The third-order valence-electron chi connectivity index (χ3n) is 4.42. The van der Waals surface area contributed by atoms with Gasteiger partial charge in [0.1, 0.15) is 0 Å². The molecule has 0 aliphatic rings. The van der Waals surface area contributed by atoms with Crippen molar-refractivity contribution in [2.75, 3.05) is 21.5 Å². The van der Waals surface area contributed by atoms with Crippen molar-refractivity contribution < 1.29 is 13.2 Å². The van der Waals surface area contributed by atoms with E-state index in [1.165, 1.54) is 11.1 Å². The van der Waals surface area contributed by atoms with Crippen molar-refractivity contribution in [3.05, 3.63) is 53.1 Å². The van der Waals surface area contributed by atoms with Gasteiger partial charge in [-0.05, 0) is 68.1 Å². The molecule has 28 heavy (non-hydrogen) atoms. The zero-order valence-corrected chi connectivity index (χ0v) is 18.5. The van der Waals surface area contributed by atoms with Crippen molar-refractivity contribution in [2.24, 2.45) is 0 Å². The minimum Gasteiger partial charge on any atom is -0.326 e. The Balaban J connectivity index is 1.94. The second kappa shape index (κ2) is 9.98. The number of sulfonamides is 1. The minimum absolute atomic E-state index is 0.0682. The van der Waals surface area contributed by atoms with E-state index in [-0.39, 0.29) is 11.7 Å². The van der Waals surface area contributed by atoms with Crippen LogP contribution < -0.4 is 10.0 Å². The predicted octanol–water partition coefficient (Wildman–Crippen LogP) is 4.88. The summed E-state index contributed by atoms with van der Waals surface area (Å²) in [4.78, 5) is 13.5. The van der Waals surface area contributed by atoms with Crippen LogP contribution >= 0.6 is 11.8 Å². The van der Waals surface area contributed by atoms with E-state index in [4.69, 9.17) is 0 Å². The average Bonchev–Trinajstić information content (AvgIpc) is 2.61. The lowest BCUT2D eigenvalue weighted by molar-refractivity contribution is -0.115. The van der Waals surface area contributed by atoms with Crippen LogP contribution in [0.2, 0.25) is 0 Å². The smallest absolute Gasteiger partial charge is 0.232 e. The molecule has 0 spiro atoms. The van der Waals surface area contributed by atoms with Crippen LogP contribution in [0.1, 0.15) is 36.5 Å². The summed E-state index contributed by atoms with van der Waals surface area (Å²) in [6.45, 7) is 7.77. The van der Waals surface area contributed by atoms with Crippen molar-refractivity contribution in [2.45, 2.75) is 45.4 Å². The Morgan fingerprint density at radius 2 is 1.75 bits per heavy atom. The number of carbonyl (C=O) groups excluding carboxylic acids is 1. The van der Waals surface area contributed by atoms with Gasteiger partial charge in [-0.15, -0.1) is 11.8 Å². The number of amides is 1. The largest absolute Gasteiger partial charge is 0.326 e. The molecular weight excluding hydrogens is 392 g/mol. The normalized spacial score (nSPS) is 11.3. The van der Waals surface area contributed by atoms with Crippen molar-refractivity contribution in [3.63, 3.8) is 0 Å². The Bertz CT molecular complexity index is 941. The van der Waals surface area contributed by atoms with E-state index >= 15 is 0 Å². The van der Waals surface area contributed by atoms with E-state index in [0.29, 0.717) is 35.5 Å². The van der Waals surface area contributed by atoms with Gasteiger partial charge >= 0.3 is 0 Å². The second-order valence-corrected chi connectivity index (χ2v) is 9.80. The highest BCUT2D eigenvalue weighted by Gasteiger charge is 2.13. The lowest BCUT2D eigenvalue weighted by Crippen LogP contribution is -2.18. The number of rotatable bonds is 9. The van der Waals surface area contributed by atoms with Gasteiger partial charge in [-0.3, -0.25) is 9.52 Å². The molecule has 0 heterocycles. The summed E-state index contributed by atoms with van der Waals surface area (Å²) < 4.78 is 26.6. The van der Waals surface area contributed by atoms with Crippen LogP contribution in [0.5, 0.6) is 0 Å². The molecule has 152 valence electrons. The molecule has 1 amide bonds. The second-order valence-electron chi connectivity index (χ2n) is 6.79. The highest BCUT2D eigenvalue weighted by atomic mass is 32.2. The van der Waals surface area contributed by atoms with Crippen LogP contribution in [-0.2, 0) is 14.8 Å². The average molecular weight is 421 g/mol. The van der Waals surface area contributed by atoms with Gasteiger partial charge in [0.25, 0.3) is 0 Å². The number of carbonyl (C=O) groups is 1. The number of nitrogens with one attached hydrogen (secondary N) is 2. The van der Waals surface area contributed by atoms with Gasteiger partial charge in [-0.1, -0.05) is 19.1 Å². The Morgan fingerprint density at radius 1 is 1.04 bits per heavy atom. The van der Waals surface area contributed by atoms with Gasteiger partial charge in [0.2, 0.25) is 15.9 Å². The SMILES string of the molecule is CCCS(=O)(=O)Nc1cccc(NC(=O)CCSc2ccc(C)c(C)c2)c1C. The summed E-state index contributed by atoms with van der Waals surface area (Å²) in [6.07, 6.45) is 0.922. The van der Waals surface area contributed by atoms with Crippen molar-refractivity contribution >= 4 is 39.1 Å². The van der Waals surface area contributed by atoms with E-state index in [9.17, 15) is 13.2 Å². The summed E-state index contributed by atoms with van der Waals surface area (Å²) in [5, 5.41) is 2.89. The van der Waals surface area contributed by atoms with E-state index in [1.807, 2.05) is 6.92 Å². The molecule has 2 rings (SSSR count).